The van der Waals surface area contributed by atoms with Crippen molar-refractivity contribution in [2.45, 2.75) is 6.54 Å². The lowest BCUT2D eigenvalue weighted by molar-refractivity contribution is 0.0946. The number of hydrogen-bond acceptors (Lipinski definition) is 6. The highest BCUT2D eigenvalue weighted by atomic mass is 35.5. The molecular formula is C23H17Cl2N5O3. The summed E-state index contributed by atoms with van der Waals surface area (Å²) in [7, 11) is 0. The fourth-order valence-corrected chi connectivity index (χ4v) is 4.05. The van der Waals surface area contributed by atoms with Gasteiger partial charge in [0.25, 0.3) is 5.91 Å². The number of nitrogens with one attached hydrogen (secondary N) is 2. The van der Waals surface area contributed by atoms with Gasteiger partial charge in [0.05, 0.1) is 5.69 Å². The van der Waals surface area contributed by atoms with Crippen molar-refractivity contribution in [1.82, 2.24) is 20.3 Å². The van der Waals surface area contributed by atoms with E-state index in [9.17, 15) is 4.79 Å². The zero-order chi connectivity index (χ0) is 22.9. The van der Waals surface area contributed by atoms with Crippen LogP contribution in [0.4, 0.5) is 5.95 Å². The zero-order valence-electron chi connectivity index (χ0n) is 17.1. The van der Waals surface area contributed by atoms with Crippen LogP contribution in [0.15, 0.2) is 54.9 Å². The molecule has 10 heteroatoms. The van der Waals surface area contributed by atoms with E-state index < -0.39 is 0 Å². The van der Waals surface area contributed by atoms with Gasteiger partial charge in [-0.15, -0.1) is 0 Å². The largest absolute Gasteiger partial charge is 0.454 e. The minimum absolute atomic E-state index is 0.108. The van der Waals surface area contributed by atoms with Gasteiger partial charge in [-0.25, -0.2) is 9.97 Å². The van der Waals surface area contributed by atoms with E-state index in [0.717, 1.165) is 11.1 Å². The number of halogens is 2. The van der Waals surface area contributed by atoms with E-state index in [4.69, 9.17) is 38.4 Å². The summed E-state index contributed by atoms with van der Waals surface area (Å²) in [4.78, 5) is 24.2. The number of ether oxygens (including phenoxy) is 2. The van der Waals surface area contributed by atoms with E-state index in [1.807, 2.05) is 18.2 Å². The molecule has 8 nitrogen and oxygen atoms in total. The number of aromatic nitrogens is 3. The molecule has 4 aromatic rings. The maximum Gasteiger partial charge on any atom is 0.267 e. The molecule has 0 bridgehead atoms. The Morgan fingerprint density at radius 2 is 1.85 bits per heavy atom. The Hall–Kier alpha value is -3.75. The molecule has 5 rings (SSSR count). The van der Waals surface area contributed by atoms with Crippen LogP contribution in [0.3, 0.4) is 0 Å². The fourth-order valence-electron chi connectivity index (χ4n) is 3.53. The number of amides is 1. The summed E-state index contributed by atoms with van der Waals surface area (Å²) in [5.41, 5.74) is 9.73. The van der Waals surface area contributed by atoms with Crippen molar-refractivity contribution in [3.05, 3.63) is 76.2 Å². The number of carbonyl (C=O) groups is 1. The lowest BCUT2D eigenvalue weighted by atomic mass is 10.0. The van der Waals surface area contributed by atoms with Crippen LogP contribution in [-0.4, -0.2) is 27.7 Å². The molecular weight excluding hydrogens is 465 g/mol. The molecule has 33 heavy (non-hydrogen) atoms. The number of H-pyrrole nitrogens is 1. The number of rotatable bonds is 5. The zero-order valence-corrected chi connectivity index (χ0v) is 18.6. The average molecular weight is 482 g/mol. The number of carbonyl (C=O) groups excluding carboxylic acids is 1. The third-order valence-corrected chi connectivity index (χ3v) is 5.51. The molecule has 0 saturated carbocycles. The topological polar surface area (TPSA) is 115 Å². The van der Waals surface area contributed by atoms with Gasteiger partial charge in [-0.05, 0) is 47.5 Å². The van der Waals surface area contributed by atoms with Gasteiger partial charge in [-0.3, -0.25) is 4.79 Å². The third-order valence-electron chi connectivity index (χ3n) is 5.07. The van der Waals surface area contributed by atoms with Gasteiger partial charge in [-0.1, -0.05) is 29.3 Å². The Balaban J connectivity index is 1.38. The normalized spacial score (nSPS) is 12.1. The maximum atomic E-state index is 12.7. The summed E-state index contributed by atoms with van der Waals surface area (Å²) in [6, 6.07) is 12.4. The second-order valence-corrected chi connectivity index (χ2v) is 8.19. The van der Waals surface area contributed by atoms with Crippen molar-refractivity contribution < 1.29 is 14.3 Å². The molecule has 1 amide bonds. The summed E-state index contributed by atoms with van der Waals surface area (Å²) in [6.45, 7) is 0.532. The number of benzene rings is 2. The van der Waals surface area contributed by atoms with Crippen LogP contribution in [0.1, 0.15) is 16.1 Å². The summed E-state index contributed by atoms with van der Waals surface area (Å²) >= 11 is 12.3. The van der Waals surface area contributed by atoms with Gasteiger partial charge in [0, 0.05) is 40.1 Å². The van der Waals surface area contributed by atoms with Crippen molar-refractivity contribution in [2.75, 3.05) is 12.5 Å². The van der Waals surface area contributed by atoms with Crippen molar-refractivity contribution >= 4 is 35.1 Å². The van der Waals surface area contributed by atoms with Crippen molar-refractivity contribution in [3.63, 3.8) is 0 Å². The minimum Gasteiger partial charge on any atom is -0.454 e. The van der Waals surface area contributed by atoms with Gasteiger partial charge in [0.2, 0.25) is 12.7 Å². The number of aromatic amines is 1. The number of nitrogen functional groups attached to an aromatic ring is 1. The van der Waals surface area contributed by atoms with E-state index in [1.54, 1.807) is 36.7 Å². The molecule has 1 aliphatic rings. The molecule has 2 aromatic carbocycles. The van der Waals surface area contributed by atoms with Gasteiger partial charge < -0.3 is 25.5 Å². The Labute approximate surface area is 198 Å². The number of hydrogen-bond donors (Lipinski definition) is 3. The SMILES string of the molecule is Nc1ncc(-c2cc(Cl)cc(Cl)c2)c(-c2c[nH]c(C(=O)NCc3ccc4c(c3)OCO4)c2)n1. The predicted molar refractivity (Wildman–Crippen MR) is 125 cm³/mol. The Morgan fingerprint density at radius 1 is 1.06 bits per heavy atom. The predicted octanol–water partition coefficient (Wildman–Crippen LogP) is 4.69. The Kier molecular flexibility index (Phi) is 5.53. The molecule has 0 atom stereocenters. The molecule has 0 aliphatic carbocycles. The van der Waals surface area contributed by atoms with Crippen molar-refractivity contribution in [2.24, 2.45) is 0 Å². The highest BCUT2D eigenvalue weighted by molar-refractivity contribution is 6.35. The quantitative estimate of drug-likeness (QED) is 0.380. The third kappa shape index (κ3) is 4.44. The lowest BCUT2D eigenvalue weighted by Gasteiger charge is -2.09. The molecule has 2 aromatic heterocycles. The fraction of sp³-hybridized carbons (Fsp3) is 0.0870. The summed E-state index contributed by atoms with van der Waals surface area (Å²) in [5.74, 6) is 1.20. The molecule has 0 spiro atoms. The van der Waals surface area contributed by atoms with E-state index in [0.29, 0.717) is 50.6 Å². The van der Waals surface area contributed by atoms with E-state index in [-0.39, 0.29) is 18.6 Å². The first kappa shape index (κ1) is 21.1. The first-order chi connectivity index (χ1) is 16.0. The molecule has 0 fully saturated rings. The van der Waals surface area contributed by atoms with E-state index >= 15 is 0 Å². The molecule has 3 heterocycles. The summed E-state index contributed by atoms with van der Waals surface area (Å²) in [5, 5.41) is 3.85. The molecule has 4 N–H and O–H groups in total. The second-order valence-electron chi connectivity index (χ2n) is 7.32. The Morgan fingerprint density at radius 3 is 2.67 bits per heavy atom. The van der Waals surface area contributed by atoms with E-state index in [2.05, 4.69) is 20.3 Å². The molecule has 166 valence electrons. The standard InChI is InChI=1S/C23H17Cl2N5O3/c24-15-4-13(5-16(25)7-15)17-10-29-23(26)30-21(17)14-6-18(27-9-14)22(31)28-8-12-1-2-19-20(3-12)33-11-32-19/h1-7,9-10,27H,8,11H2,(H,28,31)(H2,26,29,30). The summed E-state index contributed by atoms with van der Waals surface area (Å²) < 4.78 is 10.7. The van der Waals surface area contributed by atoms with Crippen LogP contribution < -0.4 is 20.5 Å². The van der Waals surface area contributed by atoms with Gasteiger partial charge >= 0.3 is 0 Å². The second kappa shape index (κ2) is 8.65. The number of nitrogens with two attached hydrogens (primary N) is 1. The average Bonchev–Trinajstić information content (AvgIpc) is 3.46. The summed E-state index contributed by atoms with van der Waals surface area (Å²) in [6.07, 6.45) is 3.29. The van der Waals surface area contributed by atoms with Crippen LogP contribution in [0.2, 0.25) is 10.0 Å². The number of nitrogens with zero attached hydrogens (tertiary/aromatic N) is 2. The molecule has 0 unspecified atom stereocenters. The first-order valence-electron chi connectivity index (χ1n) is 9.91. The van der Waals surface area contributed by atoms with Crippen LogP contribution in [-0.2, 0) is 6.54 Å². The van der Waals surface area contributed by atoms with Gasteiger partial charge in [0.1, 0.15) is 5.69 Å². The lowest BCUT2D eigenvalue weighted by Crippen LogP contribution is -2.23. The monoisotopic (exact) mass is 481 g/mol. The van der Waals surface area contributed by atoms with Crippen molar-refractivity contribution in [1.29, 1.82) is 0 Å². The highest BCUT2D eigenvalue weighted by Crippen LogP contribution is 2.34. The van der Waals surface area contributed by atoms with Gasteiger partial charge in [0.15, 0.2) is 11.5 Å². The van der Waals surface area contributed by atoms with E-state index in [1.165, 1.54) is 0 Å². The van der Waals surface area contributed by atoms with Crippen LogP contribution in [0, 0.1) is 0 Å². The number of fused-ring (bicyclic) bond motifs is 1. The molecule has 0 saturated heterocycles. The molecule has 1 aliphatic heterocycles. The van der Waals surface area contributed by atoms with Crippen molar-refractivity contribution in [3.8, 4) is 33.9 Å². The van der Waals surface area contributed by atoms with Crippen LogP contribution in [0.25, 0.3) is 22.4 Å². The van der Waals surface area contributed by atoms with Crippen LogP contribution >= 0.6 is 23.2 Å². The Bertz CT molecular complexity index is 1350. The smallest absolute Gasteiger partial charge is 0.267 e. The first-order valence-corrected chi connectivity index (χ1v) is 10.7. The van der Waals surface area contributed by atoms with Crippen LogP contribution in [0.5, 0.6) is 11.5 Å². The minimum atomic E-state index is -0.270. The molecule has 0 radical (unpaired) electrons. The van der Waals surface area contributed by atoms with Gasteiger partial charge in [-0.2, -0.15) is 0 Å². The number of anilines is 1. The maximum absolute atomic E-state index is 12.7. The highest BCUT2D eigenvalue weighted by Gasteiger charge is 2.17.